The summed E-state index contributed by atoms with van der Waals surface area (Å²) in [6, 6.07) is 30.9. The van der Waals surface area contributed by atoms with Crippen molar-refractivity contribution < 1.29 is 30.0 Å². The molecular formula is C33H28IrN3O2-. The number of aliphatic hydroxyl groups excluding tert-OH is 1. The fourth-order valence-electron chi connectivity index (χ4n) is 4.97. The van der Waals surface area contributed by atoms with Crippen molar-refractivity contribution in [1.29, 1.82) is 0 Å². The Hall–Kier alpha value is -4.12. The van der Waals surface area contributed by atoms with Gasteiger partial charge in [0.05, 0.1) is 11.3 Å². The SMILES string of the molecule is CC(=O)/C=C(/C)O.Cc1cc(C)cc(-n2c3ncnc(-c4[c-]cccc4)c3c3ccc4ccccc4c32)c1.[Ir]. The Balaban J connectivity index is 0.000000394. The van der Waals surface area contributed by atoms with E-state index in [4.69, 9.17) is 15.1 Å². The Labute approximate surface area is 241 Å². The van der Waals surface area contributed by atoms with Gasteiger partial charge in [0.25, 0.3) is 0 Å². The molecule has 6 rings (SSSR count). The summed E-state index contributed by atoms with van der Waals surface area (Å²) in [4.78, 5) is 19.5. The molecule has 0 saturated carbocycles. The number of ketones is 1. The minimum atomic E-state index is -0.125. The summed E-state index contributed by atoms with van der Waals surface area (Å²) in [5.74, 6) is -0.0625. The second-order valence-electron chi connectivity index (χ2n) is 9.46. The standard InChI is InChI=1S/C28H20N3.C5H8O2.Ir/c1-18-14-19(2)16-22(15-18)31-27-23-11-7-6-8-20(23)12-13-24(27)25-26(29-17-30-28(25)31)21-9-4-3-5-10-21;1-4(6)3-5(2)7;/h3-9,11-17H,1-2H3;3,6H,1-2H3;/q-1;;/b;4-3-;. The second-order valence-corrected chi connectivity index (χ2v) is 9.46. The van der Waals surface area contributed by atoms with E-state index in [1.165, 1.54) is 41.8 Å². The maximum atomic E-state index is 10.0. The van der Waals surface area contributed by atoms with Crippen LogP contribution in [0.2, 0.25) is 0 Å². The van der Waals surface area contributed by atoms with Crippen LogP contribution in [-0.4, -0.2) is 25.4 Å². The van der Waals surface area contributed by atoms with Gasteiger partial charge in [0.1, 0.15) is 12.0 Å². The molecule has 4 aromatic carbocycles. The van der Waals surface area contributed by atoms with Crippen LogP contribution in [0.3, 0.4) is 0 Å². The van der Waals surface area contributed by atoms with E-state index in [1.54, 1.807) is 6.33 Å². The fourth-order valence-corrected chi connectivity index (χ4v) is 4.97. The number of hydrogen-bond acceptors (Lipinski definition) is 4. The maximum absolute atomic E-state index is 10.0. The zero-order valence-corrected chi connectivity index (χ0v) is 24.6. The first-order valence-electron chi connectivity index (χ1n) is 12.4. The zero-order chi connectivity index (χ0) is 26.8. The molecule has 0 spiro atoms. The van der Waals surface area contributed by atoms with E-state index in [9.17, 15) is 4.79 Å². The first-order chi connectivity index (χ1) is 18.3. The van der Waals surface area contributed by atoms with Crippen LogP contribution >= 0.6 is 0 Å². The number of aryl methyl sites for hydroxylation is 2. The van der Waals surface area contributed by atoms with E-state index in [0.29, 0.717) is 0 Å². The van der Waals surface area contributed by atoms with Crippen molar-refractivity contribution in [2.75, 3.05) is 0 Å². The largest absolute Gasteiger partial charge is 0.512 e. The molecule has 0 atom stereocenters. The third-order valence-corrected chi connectivity index (χ3v) is 6.27. The molecule has 1 N–H and O–H groups in total. The summed E-state index contributed by atoms with van der Waals surface area (Å²) in [5.41, 5.74) is 7.55. The topological polar surface area (TPSA) is 68.0 Å². The van der Waals surface area contributed by atoms with E-state index in [-0.39, 0.29) is 31.6 Å². The summed E-state index contributed by atoms with van der Waals surface area (Å²) in [7, 11) is 0. The number of carbonyl (C=O) groups excluding carboxylic acids is 1. The molecule has 0 aliphatic carbocycles. The summed E-state index contributed by atoms with van der Waals surface area (Å²) in [5, 5.41) is 13.0. The molecule has 0 aliphatic heterocycles. The van der Waals surface area contributed by atoms with Gasteiger partial charge in [-0.3, -0.25) is 14.3 Å². The normalized spacial score (nSPS) is 11.2. The van der Waals surface area contributed by atoms with Crippen LogP contribution in [-0.2, 0) is 24.9 Å². The van der Waals surface area contributed by atoms with Gasteiger partial charge in [-0.15, -0.1) is 35.9 Å². The van der Waals surface area contributed by atoms with Gasteiger partial charge in [-0.05, 0) is 56.3 Å². The van der Waals surface area contributed by atoms with Crippen LogP contribution in [0.5, 0.6) is 0 Å². The minimum absolute atomic E-state index is 0. The molecule has 0 saturated heterocycles. The molecular weight excluding hydrogens is 663 g/mol. The van der Waals surface area contributed by atoms with Gasteiger partial charge in [0.2, 0.25) is 0 Å². The third-order valence-electron chi connectivity index (χ3n) is 6.27. The van der Waals surface area contributed by atoms with Crippen LogP contribution in [0.15, 0.2) is 97.0 Å². The predicted molar refractivity (Wildman–Crippen MR) is 155 cm³/mol. The van der Waals surface area contributed by atoms with Crippen molar-refractivity contribution in [2.45, 2.75) is 27.7 Å². The van der Waals surface area contributed by atoms with Gasteiger partial charge in [-0.2, -0.15) is 0 Å². The van der Waals surface area contributed by atoms with E-state index in [0.717, 1.165) is 38.9 Å². The molecule has 0 fully saturated rings. The Kier molecular flexibility index (Phi) is 8.39. The first-order valence-corrected chi connectivity index (χ1v) is 12.4. The molecule has 2 heterocycles. The van der Waals surface area contributed by atoms with Gasteiger partial charge >= 0.3 is 0 Å². The molecule has 6 heteroatoms. The third kappa shape index (κ3) is 5.68. The van der Waals surface area contributed by atoms with E-state index < -0.39 is 0 Å². The van der Waals surface area contributed by atoms with Gasteiger partial charge < -0.3 is 5.11 Å². The Morgan fingerprint density at radius 2 is 1.62 bits per heavy atom. The average Bonchev–Trinajstić information content (AvgIpc) is 3.23. The molecule has 2 aromatic heterocycles. The number of fused-ring (bicyclic) bond motifs is 5. The van der Waals surface area contributed by atoms with Crippen molar-refractivity contribution in [1.82, 2.24) is 14.5 Å². The van der Waals surface area contributed by atoms with Gasteiger partial charge in [0.15, 0.2) is 5.78 Å². The molecule has 39 heavy (non-hydrogen) atoms. The maximum Gasteiger partial charge on any atom is 0.155 e. The van der Waals surface area contributed by atoms with Gasteiger partial charge in [-0.25, -0.2) is 4.98 Å². The first kappa shape index (κ1) is 27.9. The van der Waals surface area contributed by atoms with Crippen molar-refractivity contribution >= 4 is 38.5 Å². The summed E-state index contributed by atoms with van der Waals surface area (Å²) >= 11 is 0. The van der Waals surface area contributed by atoms with E-state index in [1.807, 2.05) is 18.2 Å². The molecule has 1 radical (unpaired) electrons. The van der Waals surface area contributed by atoms with Crippen molar-refractivity contribution in [3.05, 3.63) is 114 Å². The quantitative estimate of drug-likeness (QED) is 0.117. The summed E-state index contributed by atoms with van der Waals surface area (Å²) in [6.45, 7) is 7.13. The van der Waals surface area contributed by atoms with Crippen LogP contribution in [0, 0.1) is 19.9 Å². The molecule has 0 amide bonds. The van der Waals surface area contributed by atoms with Gasteiger partial charge in [0, 0.05) is 53.7 Å². The number of rotatable bonds is 3. The molecule has 0 bridgehead atoms. The summed E-state index contributed by atoms with van der Waals surface area (Å²) < 4.78 is 2.29. The van der Waals surface area contributed by atoms with E-state index in [2.05, 4.69) is 85.1 Å². The second kappa shape index (κ2) is 11.7. The number of benzene rings is 4. The molecule has 0 aliphatic rings. The number of carbonyl (C=O) groups is 1. The molecule has 197 valence electrons. The number of aliphatic hydroxyl groups is 1. The zero-order valence-electron chi connectivity index (χ0n) is 22.2. The Bertz CT molecular complexity index is 1810. The number of allylic oxidation sites excluding steroid dienone is 2. The summed E-state index contributed by atoms with van der Waals surface area (Å²) in [6.07, 6.45) is 2.83. The molecule has 0 unspecified atom stereocenters. The van der Waals surface area contributed by atoms with Crippen molar-refractivity contribution in [3.8, 4) is 16.9 Å². The average molecular weight is 691 g/mol. The molecule has 6 aromatic rings. The van der Waals surface area contributed by atoms with Crippen LogP contribution < -0.4 is 0 Å². The number of nitrogens with zero attached hydrogens (tertiary/aromatic N) is 3. The number of aromatic nitrogens is 3. The molecule has 5 nitrogen and oxygen atoms in total. The number of hydrogen-bond donors (Lipinski definition) is 1. The van der Waals surface area contributed by atoms with E-state index >= 15 is 0 Å². The van der Waals surface area contributed by atoms with Crippen molar-refractivity contribution in [3.63, 3.8) is 0 Å². The Morgan fingerprint density at radius 3 is 2.26 bits per heavy atom. The predicted octanol–water partition coefficient (Wildman–Crippen LogP) is 7.85. The van der Waals surface area contributed by atoms with Crippen molar-refractivity contribution in [2.24, 2.45) is 0 Å². The minimum Gasteiger partial charge on any atom is -0.512 e. The van der Waals surface area contributed by atoms with Crippen LogP contribution in [0.1, 0.15) is 25.0 Å². The van der Waals surface area contributed by atoms with Crippen LogP contribution in [0.25, 0.3) is 49.7 Å². The van der Waals surface area contributed by atoms with Crippen LogP contribution in [0.4, 0.5) is 0 Å². The fraction of sp³-hybridized carbons (Fsp3) is 0.121. The van der Waals surface area contributed by atoms with Gasteiger partial charge in [-0.1, -0.05) is 42.5 Å². The smallest absolute Gasteiger partial charge is 0.155 e. The monoisotopic (exact) mass is 691 g/mol. The Morgan fingerprint density at radius 1 is 0.897 bits per heavy atom.